The Labute approximate surface area is 267 Å². The summed E-state index contributed by atoms with van der Waals surface area (Å²) in [7, 11) is 1.63. The number of ether oxygens (including phenoxy) is 9. The van der Waals surface area contributed by atoms with Gasteiger partial charge in [-0.3, -0.25) is 14.4 Å². The molecule has 258 valence electrons. The smallest absolute Gasteiger partial charge is 0.307 e. The highest BCUT2D eigenvalue weighted by Gasteiger charge is 2.28. The monoisotopic (exact) mass is 643 g/mol. The number of esters is 2. The Hall–Kier alpha value is -2.65. The summed E-state index contributed by atoms with van der Waals surface area (Å²) in [5, 5.41) is 2.72. The van der Waals surface area contributed by atoms with Crippen LogP contribution in [0, 0.1) is 5.92 Å². The van der Waals surface area contributed by atoms with E-state index in [-0.39, 0.29) is 32.6 Å². The van der Waals surface area contributed by atoms with Gasteiger partial charge in [0.2, 0.25) is 5.91 Å². The fourth-order valence-electron chi connectivity index (χ4n) is 3.57. The van der Waals surface area contributed by atoms with E-state index in [4.69, 9.17) is 42.6 Å². The van der Waals surface area contributed by atoms with E-state index in [1.807, 2.05) is 30.3 Å². The summed E-state index contributed by atoms with van der Waals surface area (Å²) in [6.45, 7) is 11.4. The van der Waals surface area contributed by atoms with Gasteiger partial charge in [-0.2, -0.15) is 0 Å². The Morgan fingerprint density at radius 2 is 1.09 bits per heavy atom. The molecule has 45 heavy (non-hydrogen) atoms. The summed E-state index contributed by atoms with van der Waals surface area (Å²) >= 11 is 0. The standard InChI is InChI=1S/C32H53NO12/c1-32(2,3)45-30(35)25-28(24-29(34)44-26-27-8-6-5-7-9-27)31(36)33-10-11-38-14-15-40-18-19-42-22-23-43-21-20-41-17-16-39-13-12-37-4/h5-9,28H,10-26H2,1-4H3,(H,33,36)/t28-/m0/s1. The van der Waals surface area contributed by atoms with Gasteiger partial charge >= 0.3 is 11.9 Å². The molecular formula is C32H53NO12. The number of nitrogens with one attached hydrogen (secondary N) is 1. The molecule has 0 aromatic heterocycles. The van der Waals surface area contributed by atoms with Crippen LogP contribution in [0.5, 0.6) is 0 Å². The lowest BCUT2D eigenvalue weighted by Gasteiger charge is -2.22. The van der Waals surface area contributed by atoms with Crippen LogP contribution in [0.2, 0.25) is 0 Å². The Kier molecular flexibility index (Phi) is 23.8. The van der Waals surface area contributed by atoms with Crippen molar-refractivity contribution in [2.45, 2.75) is 45.8 Å². The van der Waals surface area contributed by atoms with Crippen molar-refractivity contribution in [2.24, 2.45) is 5.92 Å². The maximum Gasteiger partial charge on any atom is 0.307 e. The molecule has 1 amide bonds. The van der Waals surface area contributed by atoms with Gasteiger partial charge in [0.15, 0.2) is 0 Å². The molecular weight excluding hydrogens is 590 g/mol. The lowest BCUT2D eigenvalue weighted by Crippen LogP contribution is -2.37. The number of amides is 1. The van der Waals surface area contributed by atoms with E-state index < -0.39 is 29.4 Å². The maximum absolute atomic E-state index is 12.8. The molecule has 1 N–H and O–H groups in total. The first-order valence-electron chi connectivity index (χ1n) is 15.4. The van der Waals surface area contributed by atoms with Gasteiger partial charge in [-0.1, -0.05) is 30.3 Å². The Morgan fingerprint density at radius 3 is 1.56 bits per heavy atom. The van der Waals surface area contributed by atoms with Crippen LogP contribution in [0.15, 0.2) is 30.3 Å². The van der Waals surface area contributed by atoms with Gasteiger partial charge in [0.25, 0.3) is 0 Å². The molecule has 0 heterocycles. The van der Waals surface area contributed by atoms with Gasteiger partial charge in [0.1, 0.15) is 12.2 Å². The van der Waals surface area contributed by atoms with Crippen molar-refractivity contribution in [3.63, 3.8) is 0 Å². The number of rotatable bonds is 28. The third-order valence-electron chi connectivity index (χ3n) is 5.70. The zero-order valence-electron chi connectivity index (χ0n) is 27.4. The number of carbonyl (C=O) groups is 3. The molecule has 0 aliphatic heterocycles. The van der Waals surface area contributed by atoms with E-state index in [0.717, 1.165) is 5.56 Å². The average Bonchev–Trinajstić information content (AvgIpc) is 3.00. The van der Waals surface area contributed by atoms with Crippen molar-refractivity contribution in [3.05, 3.63) is 35.9 Å². The van der Waals surface area contributed by atoms with Crippen LogP contribution in [-0.2, 0) is 63.6 Å². The predicted octanol–water partition coefficient (Wildman–Crippen LogP) is 2.33. The first kappa shape index (κ1) is 40.4. The second kappa shape index (κ2) is 26.6. The van der Waals surface area contributed by atoms with Gasteiger partial charge in [0, 0.05) is 13.7 Å². The summed E-state index contributed by atoms with van der Waals surface area (Å²) in [6.07, 6.45) is -0.492. The number of hydrogen-bond donors (Lipinski definition) is 1. The third-order valence-corrected chi connectivity index (χ3v) is 5.70. The molecule has 1 atom stereocenters. The normalized spacial score (nSPS) is 12.1. The van der Waals surface area contributed by atoms with E-state index in [1.165, 1.54) is 0 Å². The second-order valence-electron chi connectivity index (χ2n) is 10.8. The molecule has 1 aromatic carbocycles. The van der Waals surface area contributed by atoms with Crippen LogP contribution in [0.3, 0.4) is 0 Å². The first-order chi connectivity index (χ1) is 21.7. The second-order valence-corrected chi connectivity index (χ2v) is 10.8. The largest absolute Gasteiger partial charge is 0.461 e. The molecule has 0 saturated heterocycles. The van der Waals surface area contributed by atoms with Crippen molar-refractivity contribution in [2.75, 3.05) is 99.5 Å². The lowest BCUT2D eigenvalue weighted by molar-refractivity contribution is -0.158. The third kappa shape index (κ3) is 25.3. The summed E-state index contributed by atoms with van der Waals surface area (Å²) in [4.78, 5) is 37.6. The van der Waals surface area contributed by atoms with Gasteiger partial charge < -0.3 is 47.9 Å². The van der Waals surface area contributed by atoms with E-state index in [2.05, 4.69) is 5.32 Å². The molecule has 0 aliphatic rings. The van der Waals surface area contributed by atoms with Crippen LogP contribution in [-0.4, -0.2) is 123 Å². The van der Waals surface area contributed by atoms with Crippen LogP contribution < -0.4 is 5.32 Å². The first-order valence-corrected chi connectivity index (χ1v) is 15.4. The number of carbonyl (C=O) groups excluding carboxylic acids is 3. The highest BCUT2D eigenvalue weighted by Crippen LogP contribution is 2.16. The average molecular weight is 644 g/mol. The number of benzene rings is 1. The highest BCUT2D eigenvalue weighted by atomic mass is 16.6. The molecule has 0 bridgehead atoms. The molecule has 1 rings (SSSR count). The van der Waals surface area contributed by atoms with Crippen molar-refractivity contribution in [3.8, 4) is 0 Å². The van der Waals surface area contributed by atoms with Gasteiger partial charge in [-0.25, -0.2) is 0 Å². The fourth-order valence-corrected chi connectivity index (χ4v) is 3.57. The van der Waals surface area contributed by atoms with Crippen molar-refractivity contribution < 1.29 is 57.0 Å². The highest BCUT2D eigenvalue weighted by molar-refractivity contribution is 5.87. The van der Waals surface area contributed by atoms with E-state index in [1.54, 1.807) is 27.9 Å². The van der Waals surface area contributed by atoms with Gasteiger partial charge in [-0.15, -0.1) is 0 Å². The molecule has 0 spiro atoms. The van der Waals surface area contributed by atoms with Gasteiger partial charge in [-0.05, 0) is 26.3 Å². The minimum Gasteiger partial charge on any atom is -0.461 e. The van der Waals surface area contributed by atoms with Crippen LogP contribution >= 0.6 is 0 Å². The Morgan fingerprint density at radius 1 is 0.644 bits per heavy atom. The molecule has 1 aromatic rings. The molecule has 0 saturated carbocycles. The number of methoxy groups -OCH3 is 1. The summed E-state index contributed by atoms with van der Waals surface area (Å²) < 4.78 is 48.1. The minimum atomic E-state index is -0.929. The Balaban J connectivity index is 2.11. The number of hydrogen-bond acceptors (Lipinski definition) is 12. The van der Waals surface area contributed by atoms with Crippen LogP contribution in [0.25, 0.3) is 0 Å². The van der Waals surface area contributed by atoms with Crippen molar-refractivity contribution in [1.82, 2.24) is 5.32 Å². The Bertz CT molecular complexity index is 894. The predicted molar refractivity (Wildman–Crippen MR) is 165 cm³/mol. The van der Waals surface area contributed by atoms with Crippen molar-refractivity contribution >= 4 is 17.8 Å². The summed E-state index contributed by atoms with van der Waals surface area (Å²) in [6, 6.07) is 9.21. The molecule has 13 heteroatoms. The molecule has 13 nitrogen and oxygen atoms in total. The summed E-state index contributed by atoms with van der Waals surface area (Å²) in [5.41, 5.74) is 0.116. The van der Waals surface area contributed by atoms with Gasteiger partial charge in [0.05, 0.1) is 105 Å². The molecule has 0 radical (unpaired) electrons. The van der Waals surface area contributed by atoms with E-state index in [0.29, 0.717) is 79.3 Å². The molecule has 0 aliphatic carbocycles. The minimum absolute atomic E-state index is 0.0837. The van der Waals surface area contributed by atoms with Crippen LogP contribution in [0.4, 0.5) is 0 Å². The molecule has 0 unspecified atom stereocenters. The quantitative estimate of drug-likeness (QED) is 0.106. The lowest BCUT2D eigenvalue weighted by atomic mass is 10.00. The topological polar surface area (TPSA) is 146 Å². The van der Waals surface area contributed by atoms with Crippen LogP contribution in [0.1, 0.15) is 39.2 Å². The SMILES string of the molecule is COCCOCCOCCOCCOCCOCCOCCNC(=O)[C@@H](CC(=O)OCc1ccccc1)CC(=O)OC(C)(C)C. The zero-order chi connectivity index (χ0) is 33.0. The molecule has 0 fully saturated rings. The van der Waals surface area contributed by atoms with Crippen molar-refractivity contribution in [1.29, 1.82) is 0 Å². The van der Waals surface area contributed by atoms with E-state index in [9.17, 15) is 14.4 Å². The zero-order valence-corrected chi connectivity index (χ0v) is 27.4. The fraction of sp³-hybridized carbons (Fsp3) is 0.719. The van der Waals surface area contributed by atoms with E-state index >= 15 is 0 Å². The maximum atomic E-state index is 12.8. The summed E-state index contributed by atoms with van der Waals surface area (Å²) in [5.74, 6) is -2.52.